The van der Waals surface area contributed by atoms with Gasteiger partial charge < -0.3 is 9.97 Å². The molecule has 0 aliphatic heterocycles. The minimum Gasteiger partial charge on any atom is -0.360 e. The highest BCUT2D eigenvalue weighted by atomic mass is 32.1. The molecular weight excluding hydrogens is 374 g/mol. The van der Waals surface area contributed by atoms with Crippen LogP contribution in [-0.2, 0) is 0 Å². The fourth-order valence-corrected chi connectivity index (χ4v) is 3.36. The van der Waals surface area contributed by atoms with Crippen molar-refractivity contribution in [2.75, 3.05) is 5.32 Å². The lowest BCUT2D eigenvalue weighted by atomic mass is 10.1. The summed E-state index contributed by atoms with van der Waals surface area (Å²) in [6.45, 7) is 0. The summed E-state index contributed by atoms with van der Waals surface area (Å²) in [6.07, 6.45) is 3.69. The van der Waals surface area contributed by atoms with Crippen LogP contribution in [0.15, 0.2) is 60.4 Å². The second-order valence-electron chi connectivity index (χ2n) is 5.99. The molecule has 0 aliphatic carbocycles. The Labute approximate surface area is 162 Å². The van der Waals surface area contributed by atoms with Crippen LogP contribution in [0, 0.1) is 0 Å². The van der Waals surface area contributed by atoms with Crippen LogP contribution in [0.25, 0.3) is 33.8 Å². The van der Waals surface area contributed by atoms with Crippen molar-refractivity contribution in [1.29, 1.82) is 0 Å². The van der Waals surface area contributed by atoms with Crippen LogP contribution in [0.3, 0.4) is 0 Å². The highest BCUT2D eigenvalue weighted by molar-refractivity contribution is 7.13. The maximum Gasteiger partial charge on any atom is 0.257 e. The Morgan fingerprint density at radius 2 is 1.64 bits per heavy atom. The van der Waals surface area contributed by atoms with Crippen LogP contribution in [0.5, 0.6) is 0 Å². The monoisotopic (exact) mass is 387 g/mol. The van der Waals surface area contributed by atoms with Gasteiger partial charge in [-0.3, -0.25) is 10.1 Å². The highest BCUT2D eigenvalue weighted by Crippen LogP contribution is 2.29. The SMILES string of the molecule is O=C(Nc1nncs1)c1ccc2nc(-c3ccc[nH]3)c(-c3ccc[nH]3)nc2c1. The summed E-state index contributed by atoms with van der Waals surface area (Å²) in [5.41, 5.74) is 6.54. The lowest BCUT2D eigenvalue weighted by Crippen LogP contribution is -2.11. The Hall–Kier alpha value is -3.85. The number of hydrogen-bond donors (Lipinski definition) is 3. The predicted octanol–water partition coefficient (Wildman–Crippen LogP) is 3.72. The quantitative estimate of drug-likeness (QED) is 0.435. The lowest BCUT2D eigenvalue weighted by Gasteiger charge is -2.09. The van der Waals surface area contributed by atoms with Crippen molar-refractivity contribution < 1.29 is 4.79 Å². The second kappa shape index (κ2) is 6.71. The highest BCUT2D eigenvalue weighted by Gasteiger charge is 2.16. The molecule has 5 rings (SSSR count). The zero-order valence-corrected chi connectivity index (χ0v) is 15.2. The van der Waals surface area contributed by atoms with Gasteiger partial charge in [0.25, 0.3) is 5.91 Å². The number of anilines is 1. The Morgan fingerprint density at radius 1 is 0.929 bits per heavy atom. The van der Waals surface area contributed by atoms with E-state index in [1.165, 1.54) is 11.3 Å². The van der Waals surface area contributed by atoms with Gasteiger partial charge in [-0.1, -0.05) is 11.3 Å². The number of nitrogens with one attached hydrogen (secondary N) is 3. The van der Waals surface area contributed by atoms with Gasteiger partial charge in [-0.2, -0.15) is 0 Å². The van der Waals surface area contributed by atoms with E-state index in [0.717, 1.165) is 17.1 Å². The largest absolute Gasteiger partial charge is 0.360 e. The average Bonchev–Trinajstić information content (AvgIpc) is 3.50. The van der Waals surface area contributed by atoms with Crippen molar-refractivity contribution in [3.63, 3.8) is 0 Å². The molecule has 8 nitrogen and oxygen atoms in total. The normalized spacial score (nSPS) is 11.0. The molecule has 0 bridgehead atoms. The Morgan fingerprint density at radius 3 is 2.25 bits per heavy atom. The molecule has 136 valence electrons. The molecule has 1 aromatic carbocycles. The van der Waals surface area contributed by atoms with Gasteiger partial charge in [0.1, 0.15) is 16.9 Å². The molecule has 4 aromatic heterocycles. The molecule has 0 saturated carbocycles. The molecule has 1 amide bonds. The number of amides is 1. The van der Waals surface area contributed by atoms with E-state index >= 15 is 0 Å². The topological polar surface area (TPSA) is 112 Å². The number of carbonyl (C=O) groups is 1. The zero-order valence-electron chi connectivity index (χ0n) is 14.4. The minimum absolute atomic E-state index is 0.268. The number of aromatic amines is 2. The van der Waals surface area contributed by atoms with Gasteiger partial charge in [0.05, 0.1) is 22.4 Å². The summed E-state index contributed by atoms with van der Waals surface area (Å²) in [7, 11) is 0. The number of H-pyrrole nitrogens is 2. The molecule has 28 heavy (non-hydrogen) atoms. The molecular formula is C19H13N7OS. The van der Waals surface area contributed by atoms with Gasteiger partial charge in [0, 0.05) is 18.0 Å². The number of carbonyl (C=O) groups excluding carboxylic acids is 1. The van der Waals surface area contributed by atoms with E-state index in [9.17, 15) is 4.79 Å². The third kappa shape index (κ3) is 2.93. The molecule has 3 N–H and O–H groups in total. The van der Waals surface area contributed by atoms with Crippen molar-refractivity contribution >= 4 is 33.4 Å². The minimum atomic E-state index is -0.268. The van der Waals surface area contributed by atoms with E-state index in [1.807, 2.05) is 36.7 Å². The van der Waals surface area contributed by atoms with Crippen LogP contribution in [-0.4, -0.2) is 36.0 Å². The van der Waals surface area contributed by atoms with Crippen LogP contribution in [0.4, 0.5) is 5.13 Å². The smallest absolute Gasteiger partial charge is 0.257 e. The van der Waals surface area contributed by atoms with Crippen molar-refractivity contribution in [1.82, 2.24) is 30.1 Å². The maximum atomic E-state index is 12.5. The van der Waals surface area contributed by atoms with E-state index in [2.05, 4.69) is 25.5 Å². The molecule has 0 aliphatic rings. The molecule has 9 heteroatoms. The van der Waals surface area contributed by atoms with Gasteiger partial charge in [-0.05, 0) is 42.5 Å². The fraction of sp³-hybridized carbons (Fsp3) is 0. The van der Waals surface area contributed by atoms with Crippen molar-refractivity contribution in [2.24, 2.45) is 0 Å². The lowest BCUT2D eigenvalue weighted by molar-refractivity contribution is 0.102. The maximum absolute atomic E-state index is 12.5. The molecule has 0 spiro atoms. The number of fused-ring (bicyclic) bond motifs is 1. The van der Waals surface area contributed by atoms with E-state index in [1.54, 1.807) is 23.7 Å². The Kier molecular flexibility index (Phi) is 3.91. The van der Waals surface area contributed by atoms with Crippen LogP contribution in [0.2, 0.25) is 0 Å². The number of benzene rings is 1. The van der Waals surface area contributed by atoms with Gasteiger partial charge in [-0.25, -0.2) is 9.97 Å². The van der Waals surface area contributed by atoms with Crippen molar-refractivity contribution in [2.45, 2.75) is 0 Å². The molecule has 0 fully saturated rings. The number of hydrogen-bond acceptors (Lipinski definition) is 6. The number of aromatic nitrogens is 6. The molecule has 4 heterocycles. The number of rotatable bonds is 4. The average molecular weight is 387 g/mol. The van der Waals surface area contributed by atoms with Crippen molar-refractivity contribution in [3.8, 4) is 22.8 Å². The molecule has 5 aromatic rings. The summed E-state index contributed by atoms with van der Waals surface area (Å²) in [4.78, 5) is 28.4. The Bertz CT molecular complexity index is 1250. The van der Waals surface area contributed by atoms with Gasteiger partial charge in [-0.15, -0.1) is 10.2 Å². The first kappa shape index (κ1) is 16.3. The fourth-order valence-electron chi connectivity index (χ4n) is 2.92. The van der Waals surface area contributed by atoms with Crippen LogP contribution in [0.1, 0.15) is 10.4 Å². The Balaban J connectivity index is 1.61. The summed E-state index contributed by atoms with van der Waals surface area (Å²) in [6, 6.07) is 13.0. The summed E-state index contributed by atoms with van der Waals surface area (Å²) in [5.74, 6) is -0.268. The van der Waals surface area contributed by atoms with Gasteiger partial charge in [0.15, 0.2) is 0 Å². The zero-order chi connectivity index (χ0) is 18.9. The first-order valence-electron chi connectivity index (χ1n) is 8.45. The van der Waals surface area contributed by atoms with Crippen LogP contribution < -0.4 is 5.32 Å². The number of nitrogens with zero attached hydrogens (tertiary/aromatic N) is 4. The molecule has 0 atom stereocenters. The first-order valence-corrected chi connectivity index (χ1v) is 9.33. The third-order valence-electron chi connectivity index (χ3n) is 4.21. The van der Waals surface area contributed by atoms with E-state index in [4.69, 9.17) is 9.97 Å². The van der Waals surface area contributed by atoms with Gasteiger partial charge in [0.2, 0.25) is 5.13 Å². The van der Waals surface area contributed by atoms with Gasteiger partial charge >= 0.3 is 0 Å². The summed E-state index contributed by atoms with van der Waals surface area (Å²) < 4.78 is 0. The van der Waals surface area contributed by atoms with E-state index in [-0.39, 0.29) is 5.91 Å². The summed E-state index contributed by atoms with van der Waals surface area (Å²) >= 11 is 1.26. The standard InChI is InChI=1S/C19H13N7OS/c27-18(25-19-26-22-10-28-19)11-5-6-12-15(9-11)24-17(14-4-2-8-21-14)16(23-12)13-3-1-7-20-13/h1-10,20-21H,(H,25,26,27). The molecule has 0 unspecified atom stereocenters. The molecule has 0 radical (unpaired) electrons. The third-order valence-corrected chi connectivity index (χ3v) is 4.82. The van der Waals surface area contributed by atoms with E-state index < -0.39 is 0 Å². The first-order chi connectivity index (χ1) is 13.8. The van der Waals surface area contributed by atoms with Crippen molar-refractivity contribution in [3.05, 3.63) is 65.9 Å². The van der Waals surface area contributed by atoms with Crippen LogP contribution >= 0.6 is 11.3 Å². The molecule has 0 saturated heterocycles. The van der Waals surface area contributed by atoms with E-state index in [0.29, 0.717) is 27.4 Å². The summed E-state index contributed by atoms with van der Waals surface area (Å²) in [5, 5.41) is 10.7. The second-order valence-corrected chi connectivity index (χ2v) is 6.82. The predicted molar refractivity (Wildman–Crippen MR) is 107 cm³/mol.